The highest BCUT2D eigenvalue weighted by Crippen LogP contribution is 2.37. The van der Waals surface area contributed by atoms with Crippen LogP contribution in [0.15, 0.2) is 58.5 Å². The zero-order valence-electron chi connectivity index (χ0n) is 15.5. The third kappa shape index (κ3) is 2.78. The Morgan fingerprint density at radius 3 is 2.71 bits per heavy atom. The van der Waals surface area contributed by atoms with Crippen molar-refractivity contribution in [3.8, 4) is 11.1 Å². The highest BCUT2D eigenvalue weighted by molar-refractivity contribution is 7.17. The number of aryl methyl sites for hydroxylation is 2. The maximum atomic E-state index is 6.09. The van der Waals surface area contributed by atoms with Crippen LogP contribution in [0.2, 0.25) is 0 Å². The smallest absolute Gasteiger partial charge is 0.300 e. The highest BCUT2D eigenvalue weighted by atomic mass is 32.1. The fourth-order valence-corrected chi connectivity index (χ4v) is 4.48. The molecule has 0 fully saturated rings. The van der Waals surface area contributed by atoms with E-state index in [0.29, 0.717) is 11.8 Å². The van der Waals surface area contributed by atoms with E-state index >= 15 is 0 Å². The Morgan fingerprint density at radius 2 is 1.89 bits per heavy atom. The van der Waals surface area contributed by atoms with Crippen molar-refractivity contribution in [2.24, 2.45) is 0 Å². The van der Waals surface area contributed by atoms with Crippen LogP contribution in [-0.2, 0) is 0 Å². The number of pyridine rings is 1. The number of anilines is 3. The van der Waals surface area contributed by atoms with E-state index in [4.69, 9.17) is 10.2 Å². The lowest BCUT2D eigenvalue weighted by atomic mass is 10.1. The van der Waals surface area contributed by atoms with Gasteiger partial charge < -0.3 is 15.5 Å². The molecule has 0 radical (unpaired) electrons. The minimum Gasteiger partial charge on any atom is -0.423 e. The fourth-order valence-electron chi connectivity index (χ4n) is 3.51. The van der Waals surface area contributed by atoms with Crippen molar-refractivity contribution in [1.29, 1.82) is 0 Å². The van der Waals surface area contributed by atoms with Crippen molar-refractivity contribution in [2.45, 2.75) is 13.8 Å². The van der Waals surface area contributed by atoms with E-state index in [1.807, 2.05) is 31.2 Å². The van der Waals surface area contributed by atoms with E-state index in [9.17, 15) is 0 Å². The molecule has 0 spiro atoms. The third-order valence-corrected chi connectivity index (χ3v) is 5.73. The topological polar surface area (TPSA) is 77.0 Å². The lowest BCUT2D eigenvalue weighted by Gasteiger charge is -2.05. The molecule has 3 N–H and O–H groups in total. The van der Waals surface area contributed by atoms with Gasteiger partial charge in [-0.15, -0.1) is 11.3 Å². The van der Waals surface area contributed by atoms with E-state index in [1.165, 1.54) is 5.56 Å². The molecule has 0 unspecified atom stereocenters. The molecule has 0 atom stereocenters. The molecule has 138 valence electrons. The third-order valence-electron chi connectivity index (χ3n) is 4.78. The molecule has 0 saturated heterocycles. The van der Waals surface area contributed by atoms with Crippen LogP contribution >= 0.6 is 11.3 Å². The zero-order valence-corrected chi connectivity index (χ0v) is 16.3. The molecule has 0 aliphatic carbocycles. The van der Waals surface area contributed by atoms with Gasteiger partial charge in [0.1, 0.15) is 11.3 Å². The number of fused-ring (bicyclic) bond motifs is 2. The summed E-state index contributed by atoms with van der Waals surface area (Å²) >= 11 is 1.67. The summed E-state index contributed by atoms with van der Waals surface area (Å²) in [6.45, 7) is 4.09. The standard InChI is InChI=1S/C22H18N4OS/c1-12-9-13(2)20-17(10-12)26-22(27-20)25-15-5-3-14(4-6-15)16-11-28-18-7-8-24-21(23)19(16)18/h3-11H,1-2H3,(H2,23,24)(H,25,26). The second-order valence-electron chi connectivity index (χ2n) is 6.87. The molecule has 3 aromatic heterocycles. The average Bonchev–Trinajstić information content (AvgIpc) is 3.27. The predicted molar refractivity (Wildman–Crippen MR) is 116 cm³/mol. The number of nitrogens with two attached hydrogens (primary N) is 1. The van der Waals surface area contributed by atoms with Crippen molar-refractivity contribution in [2.75, 3.05) is 11.1 Å². The number of nitrogens with one attached hydrogen (secondary N) is 1. The van der Waals surface area contributed by atoms with Gasteiger partial charge in [-0.2, -0.15) is 4.98 Å². The Hall–Kier alpha value is -3.38. The summed E-state index contributed by atoms with van der Waals surface area (Å²) in [5.74, 6) is 0.563. The first-order chi connectivity index (χ1) is 13.6. The first-order valence-corrected chi connectivity index (χ1v) is 9.83. The molecule has 0 aliphatic rings. The quantitative estimate of drug-likeness (QED) is 0.395. The van der Waals surface area contributed by atoms with E-state index < -0.39 is 0 Å². The molecular formula is C22H18N4OS. The van der Waals surface area contributed by atoms with E-state index in [0.717, 1.165) is 43.6 Å². The predicted octanol–water partition coefficient (Wildman–Crippen LogP) is 6.05. The van der Waals surface area contributed by atoms with Crippen molar-refractivity contribution >= 4 is 50.0 Å². The van der Waals surface area contributed by atoms with Crippen molar-refractivity contribution in [3.63, 3.8) is 0 Å². The van der Waals surface area contributed by atoms with Crippen molar-refractivity contribution in [3.05, 3.63) is 65.2 Å². The highest BCUT2D eigenvalue weighted by Gasteiger charge is 2.12. The number of oxazole rings is 1. The molecule has 28 heavy (non-hydrogen) atoms. The van der Waals surface area contributed by atoms with Gasteiger partial charge in [-0.25, -0.2) is 4.98 Å². The molecular weight excluding hydrogens is 368 g/mol. The second-order valence-corrected chi connectivity index (χ2v) is 7.78. The monoisotopic (exact) mass is 386 g/mol. The van der Waals surface area contributed by atoms with E-state index in [2.05, 4.69) is 45.8 Å². The van der Waals surface area contributed by atoms with Crippen LogP contribution in [0.1, 0.15) is 11.1 Å². The molecule has 5 aromatic rings. The van der Waals surface area contributed by atoms with Crippen LogP contribution in [0.5, 0.6) is 0 Å². The number of benzene rings is 2. The van der Waals surface area contributed by atoms with Crippen LogP contribution in [0, 0.1) is 13.8 Å². The Balaban J connectivity index is 1.46. The molecule has 6 heteroatoms. The molecule has 0 saturated carbocycles. The van der Waals surface area contributed by atoms with Crippen molar-refractivity contribution in [1.82, 2.24) is 9.97 Å². The summed E-state index contributed by atoms with van der Waals surface area (Å²) in [5, 5.41) is 6.38. The van der Waals surface area contributed by atoms with Gasteiger partial charge in [0, 0.05) is 27.5 Å². The Kier molecular flexibility index (Phi) is 3.80. The van der Waals surface area contributed by atoms with Gasteiger partial charge in [0.25, 0.3) is 6.01 Å². The van der Waals surface area contributed by atoms with Gasteiger partial charge in [0.05, 0.1) is 0 Å². The number of thiophene rings is 1. The number of nitrogens with zero attached hydrogens (tertiary/aromatic N) is 2. The first-order valence-electron chi connectivity index (χ1n) is 8.95. The lowest BCUT2D eigenvalue weighted by molar-refractivity contribution is 0.620. The molecule has 0 aliphatic heterocycles. The number of aromatic nitrogens is 2. The normalized spacial score (nSPS) is 11.4. The molecule has 0 amide bonds. The summed E-state index contributed by atoms with van der Waals surface area (Å²) in [6, 6.07) is 14.8. The summed E-state index contributed by atoms with van der Waals surface area (Å²) in [6.07, 6.45) is 1.74. The fraction of sp³-hybridized carbons (Fsp3) is 0.0909. The van der Waals surface area contributed by atoms with Gasteiger partial charge in [-0.1, -0.05) is 18.2 Å². The number of hydrogen-bond donors (Lipinski definition) is 2. The molecule has 5 rings (SSSR count). The van der Waals surface area contributed by atoms with Gasteiger partial charge >= 0.3 is 0 Å². The Bertz CT molecular complexity index is 1320. The number of nitrogen functional groups attached to an aromatic ring is 1. The summed E-state index contributed by atoms with van der Waals surface area (Å²) in [4.78, 5) is 8.78. The number of hydrogen-bond acceptors (Lipinski definition) is 6. The van der Waals surface area contributed by atoms with E-state index in [1.54, 1.807) is 17.5 Å². The van der Waals surface area contributed by atoms with Crippen LogP contribution in [0.3, 0.4) is 0 Å². The Labute approximate surface area is 165 Å². The van der Waals surface area contributed by atoms with Gasteiger partial charge in [0.2, 0.25) is 0 Å². The Morgan fingerprint density at radius 1 is 1.07 bits per heavy atom. The molecule has 2 aromatic carbocycles. The van der Waals surface area contributed by atoms with Crippen molar-refractivity contribution < 1.29 is 4.42 Å². The van der Waals surface area contributed by atoms with Crippen LogP contribution in [0.25, 0.3) is 32.3 Å². The van der Waals surface area contributed by atoms with Crippen LogP contribution in [0.4, 0.5) is 17.5 Å². The number of rotatable bonds is 3. The second kappa shape index (κ2) is 6.35. The lowest BCUT2D eigenvalue weighted by Crippen LogP contribution is -1.91. The maximum Gasteiger partial charge on any atom is 0.300 e. The van der Waals surface area contributed by atoms with Crippen LogP contribution in [-0.4, -0.2) is 9.97 Å². The van der Waals surface area contributed by atoms with Gasteiger partial charge in [-0.3, -0.25) is 0 Å². The SMILES string of the molecule is Cc1cc(C)c2oc(Nc3ccc(-c4csc5ccnc(N)c45)cc3)nc2c1. The van der Waals surface area contributed by atoms with Gasteiger partial charge in [0.15, 0.2) is 5.58 Å². The summed E-state index contributed by atoms with van der Waals surface area (Å²) in [7, 11) is 0. The van der Waals surface area contributed by atoms with E-state index in [-0.39, 0.29) is 0 Å². The van der Waals surface area contributed by atoms with Crippen LogP contribution < -0.4 is 11.1 Å². The minimum absolute atomic E-state index is 0.492. The largest absolute Gasteiger partial charge is 0.423 e. The van der Waals surface area contributed by atoms with Gasteiger partial charge in [-0.05, 0) is 60.2 Å². The molecule has 5 nitrogen and oxygen atoms in total. The summed E-state index contributed by atoms with van der Waals surface area (Å²) < 4.78 is 7.03. The molecule has 0 bridgehead atoms. The minimum atomic E-state index is 0.492. The first kappa shape index (κ1) is 16.8. The summed E-state index contributed by atoms with van der Waals surface area (Å²) in [5.41, 5.74) is 13.1. The average molecular weight is 386 g/mol. The maximum absolute atomic E-state index is 6.09. The molecule has 3 heterocycles. The zero-order chi connectivity index (χ0) is 19.3.